The monoisotopic (exact) mass is 270 g/mol. The van der Waals surface area contributed by atoms with E-state index in [9.17, 15) is 14.7 Å². The van der Waals surface area contributed by atoms with Crippen molar-refractivity contribution in [2.45, 2.75) is 58.6 Å². The zero-order valence-corrected chi connectivity index (χ0v) is 12.4. The second kappa shape index (κ2) is 6.37. The van der Waals surface area contributed by atoms with E-state index in [1.165, 1.54) is 4.90 Å². The second-order valence-corrected chi connectivity index (χ2v) is 6.26. The van der Waals surface area contributed by atoms with Crippen LogP contribution in [0.1, 0.15) is 47.0 Å². The predicted octanol–water partition coefficient (Wildman–Crippen LogP) is 0.911. The first-order valence-electron chi connectivity index (χ1n) is 7.02. The van der Waals surface area contributed by atoms with Crippen LogP contribution in [-0.4, -0.2) is 46.6 Å². The van der Waals surface area contributed by atoms with Gasteiger partial charge in [0.05, 0.1) is 18.6 Å². The number of carbonyl (C=O) groups excluding carboxylic acids is 2. The summed E-state index contributed by atoms with van der Waals surface area (Å²) in [6.45, 7) is 8.12. The van der Waals surface area contributed by atoms with E-state index in [4.69, 9.17) is 0 Å². The molecule has 5 heteroatoms. The van der Waals surface area contributed by atoms with E-state index in [1.54, 1.807) is 0 Å². The molecule has 0 aromatic carbocycles. The van der Waals surface area contributed by atoms with Crippen LogP contribution in [0.5, 0.6) is 0 Å². The summed E-state index contributed by atoms with van der Waals surface area (Å²) in [4.78, 5) is 25.7. The number of nitrogens with one attached hydrogen (secondary N) is 1. The zero-order chi connectivity index (χ0) is 14.6. The fraction of sp³-hybridized carbons (Fsp3) is 0.857. The van der Waals surface area contributed by atoms with Crippen LogP contribution in [0.15, 0.2) is 0 Å². The first-order chi connectivity index (χ1) is 8.74. The fourth-order valence-electron chi connectivity index (χ4n) is 2.44. The SMILES string of the molecule is CCN(CC(=O)NC(C)(C)C)C(=O)C1CCCC1O. The van der Waals surface area contributed by atoms with Crippen molar-refractivity contribution in [1.82, 2.24) is 10.2 Å². The lowest BCUT2D eigenvalue weighted by Gasteiger charge is -2.27. The summed E-state index contributed by atoms with van der Waals surface area (Å²) in [5.41, 5.74) is -0.299. The molecule has 1 rings (SSSR count). The molecule has 1 aliphatic rings. The van der Waals surface area contributed by atoms with Crippen LogP contribution in [0.3, 0.4) is 0 Å². The number of rotatable bonds is 4. The number of hydrogen-bond donors (Lipinski definition) is 2. The Labute approximate surface area is 115 Å². The first-order valence-corrected chi connectivity index (χ1v) is 7.02. The highest BCUT2D eigenvalue weighted by Crippen LogP contribution is 2.27. The number of aliphatic hydroxyl groups is 1. The third kappa shape index (κ3) is 4.82. The quantitative estimate of drug-likeness (QED) is 0.798. The van der Waals surface area contributed by atoms with Crippen LogP contribution in [0.4, 0.5) is 0 Å². The highest BCUT2D eigenvalue weighted by Gasteiger charge is 2.34. The van der Waals surface area contributed by atoms with Crippen molar-refractivity contribution in [1.29, 1.82) is 0 Å². The molecule has 2 atom stereocenters. The average Bonchev–Trinajstić information content (AvgIpc) is 2.69. The van der Waals surface area contributed by atoms with E-state index >= 15 is 0 Å². The normalized spacial score (nSPS) is 23.2. The predicted molar refractivity (Wildman–Crippen MR) is 73.5 cm³/mol. The molecule has 1 aliphatic carbocycles. The van der Waals surface area contributed by atoms with Crippen LogP contribution in [0.2, 0.25) is 0 Å². The maximum absolute atomic E-state index is 12.3. The third-order valence-electron chi connectivity index (χ3n) is 3.34. The van der Waals surface area contributed by atoms with Crippen molar-refractivity contribution in [3.63, 3.8) is 0 Å². The van der Waals surface area contributed by atoms with Gasteiger partial charge in [0.2, 0.25) is 11.8 Å². The zero-order valence-electron chi connectivity index (χ0n) is 12.4. The lowest BCUT2D eigenvalue weighted by atomic mass is 10.0. The molecule has 2 amide bonds. The minimum atomic E-state index is -0.549. The molecular weight excluding hydrogens is 244 g/mol. The summed E-state index contributed by atoms with van der Waals surface area (Å²) in [6.07, 6.45) is 1.73. The van der Waals surface area contributed by atoms with Crippen molar-refractivity contribution in [2.75, 3.05) is 13.1 Å². The Balaban J connectivity index is 2.58. The van der Waals surface area contributed by atoms with E-state index in [0.29, 0.717) is 13.0 Å². The van der Waals surface area contributed by atoms with Crippen LogP contribution < -0.4 is 5.32 Å². The topological polar surface area (TPSA) is 69.6 Å². The Morgan fingerprint density at radius 2 is 1.95 bits per heavy atom. The smallest absolute Gasteiger partial charge is 0.240 e. The molecule has 0 aromatic rings. The van der Waals surface area contributed by atoms with Crippen LogP contribution in [0.25, 0.3) is 0 Å². The van der Waals surface area contributed by atoms with Gasteiger partial charge in [0.25, 0.3) is 0 Å². The van der Waals surface area contributed by atoms with Crippen molar-refractivity contribution >= 4 is 11.8 Å². The van der Waals surface area contributed by atoms with Crippen molar-refractivity contribution in [3.8, 4) is 0 Å². The average molecular weight is 270 g/mol. The fourth-order valence-corrected chi connectivity index (χ4v) is 2.44. The van der Waals surface area contributed by atoms with Gasteiger partial charge in [-0.1, -0.05) is 0 Å². The maximum atomic E-state index is 12.3. The molecular formula is C14H26N2O3. The van der Waals surface area contributed by atoms with E-state index < -0.39 is 6.10 Å². The van der Waals surface area contributed by atoms with Gasteiger partial charge in [-0.3, -0.25) is 9.59 Å². The summed E-state index contributed by atoms with van der Waals surface area (Å²) in [5, 5.41) is 12.6. The van der Waals surface area contributed by atoms with Gasteiger partial charge in [0.15, 0.2) is 0 Å². The minimum Gasteiger partial charge on any atom is -0.392 e. The van der Waals surface area contributed by atoms with E-state index in [-0.39, 0.29) is 29.8 Å². The highest BCUT2D eigenvalue weighted by atomic mass is 16.3. The Hall–Kier alpha value is -1.10. The Kier molecular flexibility index (Phi) is 5.35. The highest BCUT2D eigenvalue weighted by molar-refractivity contribution is 5.86. The lowest BCUT2D eigenvalue weighted by molar-refractivity contribution is -0.141. The maximum Gasteiger partial charge on any atom is 0.240 e. The third-order valence-corrected chi connectivity index (χ3v) is 3.34. The van der Waals surface area contributed by atoms with Gasteiger partial charge >= 0.3 is 0 Å². The van der Waals surface area contributed by atoms with Crippen LogP contribution >= 0.6 is 0 Å². The molecule has 110 valence electrons. The molecule has 0 saturated heterocycles. The Morgan fingerprint density at radius 3 is 2.37 bits per heavy atom. The Bertz CT molecular complexity index is 336. The molecule has 0 bridgehead atoms. The first kappa shape index (κ1) is 16.0. The number of hydrogen-bond acceptors (Lipinski definition) is 3. The number of amides is 2. The minimum absolute atomic E-state index is 0.0653. The summed E-state index contributed by atoms with van der Waals surface area (Å²) < 4.78 is 0. The molecule has 1 saturated carbocycles. The van der Waals surface area contributed by atoms with Crippen molar-refractivity contribution in [2.24, 2.45) is 5.92 Å². The van der Waals surface area contributed by atoms with Gasteiger partial charge in [-0.15, -0.1) is 0 Å². The number of nitrogens with zero attached hydrogens (tertiary/aromatic N) is 1. The van der Waals surface area contributed by atoms with Crippen molar-refractivity contribution < 1.29 is 14.7 Å². The molecule has 5 nitrogen and oxygen atoms in total. The van der Waals surface area contributed by atoms with Crippen LogP contribution in [-0.2, 0) is 9.59 Å². The van der Waals surface area contributed by atoms with Gasteiger partial charge in [0, 0.05) is 12.1 Å². The molecule has 19 heavy (non-hydrogen) atoms. The molecule has 2 N–H and O–H groups in total. The number of aliphatic hydroxyl groups excluding tert-OH is 1. The lowest BCUT2D eigenvalue weighted by Crippen LogP contribution is -2.49. The molecule has 0 spiro atoms. The van der Waals surface area contributed by atoms with Crippen LogP contribution in [0, 0.1) is 5.92 Å². The van der Waals surface area contributed by atoms with E-state index in [2.05, 4.69) is 5.32 Å². The summed E-state index contributed by atoms with van der Waals surface area (Å²) in [5.74, 6) is -0.589. The van der Waals surface area contributed by atoms with Gasteiger partial charge in [-0.05, 0) is 47.0 Å². The largest absolute Gasteiger partial charge is 0.392 e. The Morgan fingerprint density at radius 1 is 1.32 bits per heavy atom. The van der Waals surface area contributed by atoms with Gasteiger partial charge in [-0.25, -0.2) is 0 Å². The number of carbonyl (C=O) groups is 2. The molecule has 0 aromatic heterocycles. The summed E-state index contributed by atoms with van der Waals surface area (Å²) in [6, 6.07) is 0. The standard InChI is InChI=1S/C14H26N2O3/c1-5-16(9-12(18)15-14(2,3)4)13(19)10-7-6-8-11(10)17/h10-11,17H,5-9H2,1-4H3,(H,15,18). The summed E-state index contributed by atoms with van der Waals surface area (Å²) >= 11 is 0. The molecule has 0 aliphatic heterocycles. The van der Waals surface area contributed by atoms with Gasteiger partial charge in [0.1, 0.15) is 0 Å². The van der Waals surface area contributed by atoms with Crippen molar-refractivity contribution in [3.05, 3.63) is 0 Å². The molecule has 0 radical (unpaired) electrons. The molecule has 1 fully saturated rings. The molecule has 0 heterocycles. The summed E-state index contributed by atoms with van der Waals surface area (Å²) in [7, 11) is 0. The van der Waals surface area contributed by atoms with E-state index in [1.807, 2.05) is 27.7 Å². The van der Waals surface area contributed by atoms with E-state index in [0.717, 1.165) is 12.8 Å². The molecule has 2 unspecified atom stereocenters. The van der Waals surface area contributed by atoms with Gasteiger partial charge in [-0.2, -0.15) is 0 Å². The van der Waals surface area contributed by atoms with Gasteiger partial charge < -0.3 is 15.3 Å². The second-order valence-electron chi connectivity index (χ2n) is 6.26. The number of likely N-dealkylation sites (N-methyl/N-ethyl adjacent to an activating group) is 1.